The number of aromatic nitrogens is 1. The maximum Gasteiger partial charge on any atom is 0.136 e. The van der Waals surface area contributed by atoms with Crippen LogP contribution < -0.4 is 0 Å². The summed E-state index contributed by atoms with van der Waals surface area (Å²) >= 11 is 0. The van der Waals surface area contributed by atoms with Gasteiger partial charge < -0.3 is 4.42 Å². The Bertz CT molecular complexity index is 2430. The van der Waals surface area contributed by atoms with Gasteiger partial charge in [0.15, 0.2) is 0 Å². The number of hydrogen-bond acceptors (Lipinski definition) is 2. The highest BCUT2D eigenvalue weighted by molar-refractivity contribution is 6.21. The molecule has 0 amide bonds. The molecule has 0 fully saturated rings. The number of benzene rings is 7. The van der Waals surface area contributed by atoms with Crippen LogP contribution in [-0.4, -0.2) is 4.98 Å². The van der Waals surface area contributed by atoms with Crippen LogP contribution in [-0.2, 0) is 0 Å². The molecule has 2 heterocycles. The summed E-state index contributed by atoms with van der Waals surface area (Å²) in [5.41, 5.74) is 8.56. The van der Waals surface area contributed by atoms with E-state index in [4.69, 9.17) is 9.40 Å². The van der Waals surface area contributed by atoms with E-state index in [1.54, 1.807) is 0 Å². The molecule has 43 heavy (non-hydrogen) atoms. The van der Waals surface area contributed by atoms with Crippen molar-refractivity contribution in [1.82, 2.24) is 4.98 Å². The monoisotopic (exact) mass is 547 g/mol. The van der Waals surface area contributed by atoms with Crippen LogP contribution in [0.1, 0.15) is 0 Å². The molecule has 2 nitrogen and oxygen atoms in total. The molecule has 0 unspecified atom stereocenters. The van der Waals surface area contributed by atoms with Gasteiger partial charge in [0.1, 0.15) is 11.2 Å². The lowest BCUT2D eigenvalue weighted by atomic mass is 9.87. The predicted octanol–water partition coefficient (Wildman–Crippen LogP) is 11.4. The van der Waals surface area contributed by atoms with Gasteiger partial charge in [0, 0.05) is 28.1 Å². The fourth-order valence-corrected chi connectivity index (χ4v) is 6.76. The predicted molar refractivity (Wildman–Crippen MR) is 180 cm³/mol. The molecule has 0 N–H and O–H groups in total. The molecular weight excluding hydrogens is 522 g/mol. The van der Waals surface area contributed by atoms with E-state index in [0.717, 1.165) is 38.9 Å². The maximum absolute atomic E-state index is 6.34. The van der Waals surface area contributed by atoms with Crippen LogP contribution in [0.15, 0.2) is 156 Å². The zero-order valence-corrected chi connectivity index (χ0v) is 23.3. The lowest BCUT2D eigenvalue weighted by Crippen LogP contribution is -1.92. The zero-order valence-electron chi connectivity index (χ0n) is 23.3. The average molecular weight is 548 g/mol. The molecule has 200 valence electrons. The standard InChI is InChI=1S/C41H25NO/c1-2-11-27(12-3-1)39-31-14-6-8-16-33(31)40(34-17-9-7-15-32(34)39)36-22-19-29(25-42-36)28-18-21-35-38(24-28)43-37-23-20-26-10-4-5-13-30(26)41(35)37/h1-25H. The number of fused-ring (bicyclic) bond motifs is 7. The Morgan fingerprint density at radius 3 is 1.72 bits per heavy atom. The van der Waals surface area contributed by atoms with E-state index in [-0.39, 0.29) is 0 Å². The lowest BCUT2D eigenvalue weighted by molar-refractivity contribution is 0.669. The summed E-state index contributed by atoms with van der Waals surface area (Å²) in [5, 5.41) is 9.62. The molecule has 0 radical (unpaired) electrons. The zero-order chi connectivity index (χ0) is 28.3. The third-order valence-electron chi connectivity index (χ3n) is 8.71. The van der Waals surface area contributed by atoms with E-state index in [0.29, 0.717) is 0 Å². The van der Waals surface area contributed by atoms with Crippen molar-refractivity contribution in [2.24, 2.45) is 0 Å². The maximum atomic E-state index is 6.34. The van der Waals surface area contributed by atoms with Gasteiger partial charge in [0.2, 0.25) is 0 Å². The summed E-state index contributed by atoms with van der Waals surface area (Å²) in [6.45, 7) is 0. The molecule has 0 atom stereocenters. The molecule has 0 bridgehead atoms. The summed E-state index contributed by atoms with van der Waals surface area (Å²) in [4.78, 5) is 5.06. The largest absolute Gasteiger partial charge is 0.456 e. The molecule has 0 spiro atoms. The summed E-state index contributed by atoms with van der Waals surface area (Å²) in [5.74, 6) is 0. The van der Waals surface area contributed by atoms with Crippen molar-refractivity contribution >= 4 is 54.3 Å². The van der Waals surface area contributed by atoms with E-state index < -0.39 is 0 Å². The van der Waals surface area contributed by atoms with E-state index in [9.17, 15) is 0 Å². The van der Waals surface area contributed by atoms with Gasteiger partial charge in [-0.1, -0.05) is 121 Å². The van der Waals surface area contributed by atoms with Crippen LogP contribution in [0.3, 0.4) is 0 Å². The first kappa shape index (κ1) is 23.9. The van der Waals surface area contributed by atoms with Crippen LogP contribution in [0.2, 0.25) is 0 Å². The fourth-order valence-electron chi connectivity index (χ4n) is 6.76. The molecule has 9 rings (SSSR count). The first-order chi connectivity index (χ1) is 21.3. The number of rotatable bonds is 3. The summed E-state index contributed by atoms with van der Waals surface area (Å²) in [6.07, 6.45) is 1.99. The van der Waals surface area contributed by atoms with Gasteiger partial charge in [-0.3, -0.25) is 4.98 Å². The van der Waals surface area contributed by atoms with Gasteiger partial charge >= 0.3 is 0 Å². The summed E-state index contributed by atoms with van der Waals surface area (Å²) in [7, 11) is 0. The fraction of sp³-hybridized carbons (Fsp3) is 0. The van der Waals surface area contributed by atoms with Crippen molar-refractivity contribution < 1.29 is 4.42 Å². The molecule has 0 saturated heterocycles. The SMILES string of the molecule is c1ccc(-c2c3ccccc3c(-c3ccc(-c4ccc5c(c4)oc4ccc6ccccc6c45)cn3)c3ccccc23)cc1. The second kappa shape index (κ2) is 9.40. The molecule has 0 saturated carbocycles. The number of pyridine rings is 1. The quantitative estimate of drug-likeness (QED) is 0.206. The van der Waals surface area contributed by atoms with Crippen LogP contribution in [0, 0.1) is 0 Å². The lowest BCUT2D eigenvalue weighted by Gasteiger charge is -2.17. The normalized spacial score (nSPS) is 11.7. The number of nitrogens with zero attached hydrogens (tertiary/aromatic N) is 1. The molecular formula is C41H25NO. The number of hydrogen-bond donors (Lipinski definition) is 0. The summed E-state index contributed by atoms with van der Waals surface area (Å²) in [6, 6.07) is 51.6. The minimum Gasteiger partial charge on any atom is -0.456 e. The van der Waals surface area contributed by atoms with E-state index in [1.807, 2.05) is 6.20 Å². The molecule has 2 aromatic heterocycles. The highest BCUT2D eigenvalue weighted by atomic mass is 16.3. The molecule has 9 aromatic rings. The van der Waals surface area contributed by atoms with E-state index in [2.05, 4.69) is 146 Å². The minimum atomic E-state index is 0.890. The Labute approximate surface area is 248 Å². The minimum absolute atomic E-state index is 0.890. The Morgan fingerprint density at radius 2 is 1.02 bits per heavy atom. The molecule has 0 aliphatic rings. The van der Waals surface area contributed by atoms with Crippen LogP contribution in [0.25, 0.3) is 87.8 Å². The average Bonchev–Trinajstić information content (AvgIpc) is 3.46. The van der Waals surface area contributed by atoms with Gasteiger partial charge in [-0.2, -0.15) is 0 Å². The first-order valence-electron chi connectivity index (χ1n) is 14.6. The topological polar surface area (TPSA) is 26.0 Å². The first-order valence-corrected chi connectivity index (χ1v) is 14.6. The smallest absolute Gasteiger partial charge is 0.136 e. The van der Waals surface area contributed by atoms with Gasteiger partial charge in [-0.15, -0.1) is 0 Å². The van der Waals surface area contributed by atoms with E-state index >= 15 is 0 Å². The van der Waals surface area contributed by atoms with Gasteiger partial charge in [0.05, 0.1) is 5.69 Å². The second-order valence-corrected chi connectivity index (χ2v) is 11.1. The van der Waals surface area contributed by atoms with Crippen LogP contribution in [0.5, 0.6) is 0 Å². The van der Waals surface area contributed by atoms with Gasteiger partial charge in [-0.05, 0) is 73.3 Å². The summed E-state index contributed by atoms with van der Waals surface area (Å²) < 4.78 is 6.34. The third kappa shape index (κ3) is 3.70. The highest BCUT2D eigenvalue weighted by Gasteiger charge is 2.17. The van der Waals surface area contributed by atoms with Crippen molar-refractivity contribution in [1.29, 1.82) is 0 Å². The van der Waals surface area contributed by atoms with Crippen molar-refractivity contribution in [3.8, 4) is 33.5 Å². The van der Waals surface area contributed by atoms with Crippen LogP contribution in [0.4, 0.5) is 0 Å². The van der Waals surface area contributed by atoms with Crippen molar-refractivity contribution in [2.45, 2.75) is 0 Å². The van der Waals surface area contributed by atoms with Gasteiger partial charge in [0.25, 0.3) is 0 Å². The Kier molecular flexibility index (Phi) is 5.23. The van der Waals surface area contributed by atoms with E-state index in [1.165, 1.54) is 48.8 Å². The molecule has 2 heteroatoms. The molecule has 0 aliphatic carbocycles. The number of furan rings is 1. The Hall–Kier alpha value is -5.73. The third-order valence-corrected chi connectivity index (χ3v) is 8.71. The highest BCUT2D eigenvalue weighted by Crippen LogP contribution is 2.43. The van der Waals surface area contributed by atoms with Crippen LogP contribution >= 0.6 is 0 Å². The Morgan fingerprint density at radius 1 is 0.395 bits per heavy atom. The Balaban J connectivity index is 1.20. The van der Waals surface area contributed by atoms with Crippen molar-refractivity contribution in [3.63, 3.8) is 0 Å². The second-order valence-electron chi connectivity index (χ2n) is 11.1. The van der Waals surface area contributed by atoms with Crippen molar-refractivity contribution in [2.75, 3.05) is 0 Å². The van der Waals surface area contributed by atoms with Gasteiger partial charge in [-0.25, -0.2) is 0 Å². The molecule has 7 aromatic carbocycles. The molecule has 0 aliphatic heterocycles. The van der Waals surface area contributed by atoms with Crippen molar-refractivity contribution in [3.05, 3.63) is 152 Å².